The summed E-state index contributed by atoms with van der Waals surface area (Å²) < 4.78 is 0. The van der Waals surface area contributed by atoms with Gasteiger partial charge < -0.3 is 10.4 Å². The maximum Gasteiger partial charge on any atom is 0.337 e. The van der Waals surface area contributed by atoms with Gasteiger partial charge in [0.2, 0.25) is 0 Å². The van der Waals surface area contributed by atoms with Crippen molar-refractivity contribution < 1.29 is 9.90 Å². The lowest BCUT2D eigenvalue weighted by Crippen LogP contribution is -2.18. The van der Waals surface area contributed by atoms with Gasteiger partial charge in [0.25, 0.3) is 0 Å². The summed E-state index contributed by atoms with van der Waals surface area (Å²) in [6, 6.07) is 13.3. The number of aromatic carboxylic acids is 1. The van der Waals surface area contributed by atoms with Crippen LogP contribution in [-0.4, -0.2) is 11.1 Å². The molecule has 21 heavy (non-hydrogen) atoms. The lowest BCUT2D eigenvalue weighted by molar-refractivity contribution is 0.0698. The van der Waals surface area contributed by atoms with Crippen molar-refractivity contribution in [2.45, 2.75) is 25.3 Å². The Kier molecular flexibility index (Phi) is 3.84. The Morgan fingerprint density at radius 3 is 2.86 bits per heavy atom. The molecule has 0 spiro atoms. The summed E-state index contributed by atoms with van der Waals surface area (Å²) in [4.78, 5) is 11.3. The van der Waals surface area contributed by atoms with Crippen LogP contribution in [0.3, 0.4) is 0 Å². The van der Waals surface area contributed by atoms with E-state index in [0.717, 1.165) is 19.3 Å². The van der Waals surface area contributed by atoms with E-state index in [-0.39, 0.29) is 11.6 Å². The Hall–Kier alpha value is -2.00. The Morgan fingerprint density at radius 1 is 1.24 bits per heavy atom. The van der Waals surface area contributed by atoms with Crippen LogP contribution in [0.15, 0.2) is 42.5 Å². The van der Waals surface area contributed by atoms with Crippen molar-refractivity contribution in [3.63, 3.8) is 0 Å². The first-order chi connectivity index (χ1) is 10.1. The first-order valence-electron chi connectivity index (χ1n) is 7.02. The fraction of sp³-hybridized carbons (Fsp3) is 0.235. The third-order valence-corrected chi connectivity index (χ3v) is 4.15. The number of anilines is 1. The number of carboxylic acid groups (broad SMARTS) is 1. The van der Waals surface area contributed by atoms with E-state index in [1.807, 2.05) is 12.1 Å². The van der Waals surface area contributed by atoms with Crippen LogP contribution in [0.1, 0.15) is 40.4 Å². The van der Waals surface area contributed by atoms with E-state index in [9.17, 15) is 9.90 Å². The predicted octanol–water partition coefficient (Wildman–Crippen LogP) is 4.53. The van der Waals surface area contributed by atoms with E-state index < -0.39 is 5.97 Å². The molecule has 2 aromatic rings. The van der Waals surface area contributed by atoms with Gasteiger partial charge in [0.15, 0.2) is 0 Å². The lowest BCUT2D eigenvalue weighted by atomic mass is 9.87. The minimum absolute atomic E-state index is 0.131. The van der Waals surface area contributed by atoms with Gasteiger partial charge in [-0.3, -0.25) is 0 Å². The molecule has 0 saturated carbocycles. The number of carboxylic acids is 1. The molecule has 0 aromatic heterocycles. The van der Waals surface area contributed by atoms with Crippen LogP contribution in [0.25, 0.3) is 0 Å². The number of aryl methyl sites for hydroxylation is 1. The van der Waals surface area contributed by atoms with Gasteiger partial charge in [-0.25, -0.2) is 4.79 Å². The average molecular weight is 302 g/mol. The number of hydrogen-bond donors (Lipinski definition) is 2. The average Bonchev–Trinajstić information content (AvgIpc) is 2.47. The standard InChI is InChI=1S/C17H16ClNO2/c18-12-8-9-14(17(20)21)16(10-12)19-15-7-3-5-11-4-1-2-6-13(11)15/h1-2,4,6,8-10,15,19H,3,5,7H2,(H,20,21). The highest BCUT2D eigenvalue weighted by Gasteiger charge is 2.21. The molecule has 1 aliphatic rings. The van der Waals surface area contributed by atoms with Crippen LogP contribution in [0.2, 0.25) is 5.02 Å². The molecule has 0 aliphatic heterocycles. The van der Waals surface area contributed by atoms with Crippen LogP contribution >= 0.6 is 11.6 Å². The van der Waals surface area contributed by atoms with Crippen molar-refractivity contribution in [3.8, 4) is 0 Å². The molecule has 0 amide bonds. The molecule has 1 atom stereocenters. The monoisotopic (exact) mass is 301 g/mol. The molecule has 1 aliphatic carbocycles. The number of benzene rings is 2. The Bertz CT molecular complexity index is 684. The summed E-state index contributed by atoms with van der Waals surface area (Å²) in [7, 11) is 0. The maximum atomic E-state index is 11.3. The van der Waals surface area contributed by atoms with Crippen molar-refractivity contribution >= 4 is 23.3 Å². The molecule has 0 bridgehead atoms. The molecular formula is C17H16ClNO2. The molecule has 0 radical (unpaired) electrons. The molecule has 0 heterocycles. The summed E-state index contributed by atoms with van der Waals surface area (Å²) in [5, 5.41) is 13.2. The van der Waals surface area contributed by atoms with Crippen LogP contribution in [-0.2, 0) is 6.42 Å². The third kappa shape index (κ3) is 2.88. The molecule has 108 valence electrons. The molecule has 4 heteroatoms. The first-order valence-corrected chi connectivity index (χ1v) is 7.40. The van der Waals surface area contributed by atoms with Gasteiger partial charge in [0.1, 0.15) is 0 Å². The summed E-state index contributed by atoms with van der Waals surface area (Å²) in [5.74, 6) is -0.946. The number of carbonyl (C=O) groups is 1. The predicted molar refractivity (Wildman–Crippen MR) is 84.2 cm³/mol. The number of halogens is 1. The largest absolute Gasteiger partial charge is 0.478 e. The van der Waals surface area contributed by atoms with Gasteiger partial charge >= 0.3 is 5.97 Å². The maximum absolute atomic E-state index is 11.3. The minimum Gasteiger partial charge on any atom is -0.478 e. The molecule has 2 aromatic carbocycles. The van der Waals surface area contributed by atoms with Crippen molar-refractivity contribution in [2.75, 3.05) is 5.32 Å². The van der Waals surface area contributed by atoms with E-state index in [1.54, 1.807) is 18.2 Å². The van der Waals surface area contributed by atoms with E-state index >= 15 is 0 Å². The number of rotatable bonds is 3. The molecule has 2 N–H and O–H groups in total. The smallest absolute Gasteiger partial charge is 0.337 e. The second-order valence-corrected chi connectivity index (χ2v) is 5.72. The summed E-state index contributed by atoms with van der Waals surface area (Å²) in [5.41, 5.74) is 3.42. The Labute approximate surface area is 128 Å². The summed E-state index contributed by atoms with van der Waals surface area (Å²) >= 11 is 6.01. The Morgan fingerprint density at radius 2 is 2.05 bits per heavy atom. The molecule has 3 rings (SSSR count). The van der Waals surface area contributed by atoms with Gasteiger partial charge in [-0.05, 0) is 48.6 Å². The fourth-order valence-electron chi connectivity index (χ4n) is 2.91. The van der Waals surface area contributed by atoms with Gasteiger partial charge in [0.05, 0.1) is 17.3 Å². The van der Waals surface area contributed by atoms with Crippen LogP contribution in [0, 0.1) is 0 Å². The highest BCUT2D eigenvalue weighted by atomic mass is 35.5. The SMILES string of the molecule is O=C(O)c1ccc(Cl)cc1NC1CCCc2ccccc21. The van der Waals surface area contributed by atoms with Gasteiger partial charge in [-0.2, -0.15) is 0 Å². The van der Waals surface area contributed by atoms with Gasteiger partial charge in [-0.15, -0.1) is 0 Å². The number of hydrogen-bond acceptors (Lipinski definition) is 2. The second kappa shape index (κ2) is 5.78. The minimum atomic E-state index is -0.946. The third-order valence-electron chi connectivity index (χ3n) is 3.91. The van der Waals surface area contributed by atoms with Crippen LogP contribution in [0.4, 0.5) is 5.69 Å². The van der Waals surface area contributed by atoms with E-state index in [4.69, 9.17) is 11.6 Å². The zero-order chi connectivity index (χ0) is 14.8. The molecular weight excluding hydrogens is 286 g/mol. The fourth-order valence-corrected chi connectivity index (χ4v) is 3.09. The topological polar surface area (TPSA) is 49.3 Å². The van der Waals surface area contributed by atoms with Crippen molar-refractivity contribution in [1.29, 1.82) is 0 Å². The molecule has 0 fully saturated rings. The normalized spacial score (nSPS) is 17.1. The van der Waals surface area contributed by atoms with Crippen LogP contribution in [0.5, 0.6) is 0 Å². The quantitative estimate of drug-likeness (QED) is 0.876. The zero-order valence-electron chi connectivity index (χ0n) is 11.5. The molecule has 1 unspecified atom stereocenters. The van der Waals surface area contributed by atoms with E-state index in [0.29, 0.717) is 10.7 Å². The lowest BCUT2D eigenvalue weighted by Gasteiger charge is -2.27. The molecule has 0 saturated heterocycles. The highest BCUT2D eigenvalue weighted by Crippen LogP contribution is 2.34. The van der Waals surface area contributed by atoms with E-state index in [2.05, 4.69) is 17.4 Å². The second-order valence-electron chi connectivity index (χ2n) is 5.28. The summed E-state index contributed by atoms with van der Waals surface area (Å²) in [6.45, 7) is 0. The first kappa shape index (κ1) is 14.0. The molecule has 3 nitrogen and oxygen atoms in total. The zero-order valence-corrected chi connectivity index (χ0v) is 12.2. The van der Waals surface area contributed by atoms with Crippen LogP contribution < -0.4 is 5.32 Å². The van der Waals surface area contributed by atoms with Gasteiger partial charge in [0, 0.05) is 5.02 Å². The van der Waals surface area contributed by atoms with Crippen molar-refractivity contribution in [2.24, 2.45) is 0 Å². The van der Waals surface area contributed by atoms with Crippen molar-refractivity contribution in [3.05, 3.63) is 64.2 Å². The number of fused-ring (bicyclic) bond motifs is 1. The highest BCUT2D eigenvalue weighted by molar-refractivity contribution is 6.31. The van der Waals surface area contributed by atoms with Gasteiger partial charge in [-0.1, -0.05) is 35.9 Å². The number of nitrogens with one attached hydrogen (secondary N) is 1. The Balaban J connectivity index is 1.95. The van der Waals surface area contributed by atoms with E-state index in [1.165, 1.54) is 11.1 Å². The van der Waals surface area contributed by atoms with Crippen molar-refractivity contribution in [1.82, 2.24) is 0 Å². The summed E-state index contributed by atoms with van der Waals surface area (Å²) in [6.07, 6.45) is 3.16.